The maximum Gasteiger partial charge on any atom is 0.226 e. The molecule has 2 heterocycles. The Morgan fingerprint density at radius 2 is 2.13 bits per heavy atom. The van der Waals surface area contributed by atoms with Crippen molar-refractivity contribution in [2.45, 2.75) is 38.5 Å². The molecule has 1 atom stereocenters. The van der Waals surface area contributed by atoms with Gasteiger partial charge in [0, 0.05) is 12.2 Å². The highest BCUT2D eigenvalue weighted by Gasteiger charge is 2.24. The van der Waals surface area contributed by atoms with Gasteiger partial charge in [-0.15, -0.1) is 0 Å². The predicted octanol–water partition coefficient (Wildman–Crippen LogP) is 3.05. The lowest BCUT2D eigenvalue weighted by atomic mass is 10.1. The Bertz CT molecular complexity index is 789. The van der Waals surface area contributed by atoms with Crippen LogP contribution >= 0.6 is 0 Å². The lowest BCUT2D eigenvalue weighted by Gasteiger charge is -2.08. The van der Waals surface area contributed by atoms with Gasteiger partial charge >= 0.3 is 0 Å². The third-order valence-corrected chi connectivity index (χ3v) is 5.61. The first-order valence-electron chi connectivity index (χ1n) is 7.77. The van der Waals surface area contributed by atoms with E-state index >= 15 is 0 Å². The van der Waals surface area contributed by atoms with Crippen molar-refractivity contribution in [2.75, 3.05) is 12.4 Å². The summed E-state index contributed by atoms with van der Waals surface area (Å²) in [6, 6.07) is 5.98. The van der Waals surface area contributed by atoms with Gasteiger partial charge in [0.2, 0.25) is 5.89 Å². The van der Waals surface area contributed by atoms with E-state index in [1.165, 1.54) is 6.26 Å². The Labute approximate surface area is 136 Å². The molecule has 1 aromatic heterocycles. The summed E-state index contributed by atoms with van der Waals surface area (Å²) in [4.78, 5) is 4.34. The first-order valence-corrected chi connectivity index (χ1v) is 9.59. The summed E-state index contributed by atoms with van der Waals surface area (Å²) >= 11 is 0. The number of benzene rings is 1. The smallest absolute Gasteiger partial charge is 0.226 e. The van der Waals surface area contributed by atoms with Crippen LogP contribution in [0.4, 0.5) is 0 Å². The number of nitrogens with zero attached hydrogens (tertiary/aromatic N) is 1. The van der Waals surface area contributed by atoms with E-state index in [1.807, 2.05) is 32.0 Å². The fraction of sp³-hybridized carbons (Fsp3) is 0.471. The molecular formula is C17H21NO4S. The average Bonchev–Trinajstić information content (AvgIpc) is 3.10. The Balaban J connectivity index is 1.74. The normalized spacial score (nSPS) is 18.4. The van der Waals surface area contributed by atoms with Crippen LogP contribution in [0.3, 0.4) is 0 Å². The first-order chi connectivity index (χ1) is 10.9. The molecule has 0 bridgehead atoms. The fourth-order valence-corrected chi connectivity index (χ4v) is 4.42. The maximum absolute atomic E-state index is 12.3. The van der Waals surface area contributed by atoms with Crippen molar-refractivity contribution in [1.82, 2.24) is 4.98 Å². The van der Waals surface area contributed by atoms with Crippen molar-refractivity contribution in [1.29, 1.82) is 0 Å². The molecule has 0 spiro atoms. The molecule has 0 radical (unpaired) electrons. The van der Waals surface area contributed by atoms with Crippen molar-refractivity contribution < 1.29 is 17.6 Å². The van der Waals surface area contributed by atoms with E-state index in [4.69, 9.17) is 9.15 Å². The lowest BCUT2D eigenvalue weighted by Crippen LogP contribution is -2.21. The first kappa shape index (κ1) is 16.2. The number of oxazole rings is 1. The Hall–Kier alpha value is -1.66. The highest BCUT2D eigenvalue weighted by molar-refractivity contribution is 7.90. The minimum atomic E-state index is -3.25. The molecule has 0 saturated carbocycles. The summed E-state index contributed by atoms with van der Waals surface area (Å²) < 4.78 is 35.4. The van der Waals surface area contributed by atoms with Crippen LogP contribution in [0.5, 0.6) is 0 Å². The van der Waals surface area contributed by atoms with Gasteiger partial charge in [0.25, 0.3) is 0 Å². The average molecular weight is 335 g/mol. The quantitative estimate of drug-likeness (QED) is 0.840. The molecule has 124 valence electrons. The molecular weight excluding hydrogens is 314 g/mol. The zero-order valence-electron chi connectivity index (χ0n) is 13.4. The van der Waals surface area contributed by atoms with Gasteiger partial charge in [0.05, 0.1) is 23.3 Å². The van der Waals surface area contributed by atoms with Gasteiger partial charge in [-0.2, -0.15) is 0 Å². The van der Waals surface area contributed by atoms with Crippen molar-refractivity contribution in [2.24, 2.45) is 0 Å². The van der Waals surface area contributed by atoms with Crippen molar-refractivity contribution in [3.05, 3.63) is 41.3 Å². The molecule has 1 unspecified atom stereocenters. The van der Waals surface area contributed by atoms with E-state index in [9.17, 15) is 8.42 Å². The number of aromatic nitrogens is 1. The number of ether oxygens (including phenoxy) is 1. The van der Waals surface area contributed by atoms with Crippen LogP contribution in [0.25, 0.3) is 11.5 Å². The number of hydrogen-bond donors (Lipinski definition) is 0. The van der Waals surface area contributed by atoms with E-state index in [0.29, 0.717) is 18.2 Å². The van der Waals surface area contributed by atoms with E-state index in [1.54, 1.807) is 0 Å². The summed E-state index contributed by atoms with van der Waals surface area (Å²) in [6.07, 6.45) is 3.00. The molecule has 5 nitrogen and oxygen atoms in total. The number of hydrogen-bond acceptors (Lipinski definition) is 5. The molecule has 1 fully saturated rings. The Morgan fingerprint density at radius 1 is 1.30 bits per heavy atom. The van der Waals surface area contributed by atoms with Crippen LogP contribution in [0.15, 0.2) is 28.9 Å². The molecule has 3 rings (SSSR count). The van der Waals surface area contributed by atoms with Gasteiger partial charge in [-0.3, -0.25) is 0 Å². The second-order valence-electron chi connectivity index (χ2n) is 6.15. The molecule has 1 aliphatic heterocycles. The van der Waals surface area contributed by atoms with Crippen LogP contribution in [-0.2, 0) is 20.3 Å². The molecule has 0 N–H and O–H groups in total. The number of rotatable bonds is 5. The zero-order chi connectivity index (χ0) is 16.4. The molecule has 2 aromatic rings. The fourth-order valence-electron chi connectivity index (χ4n) is 2.89. The summed E-state index contributed by atoms with van der Waals surface area (Å²) in [5, 5.41) is 0. The zero-order valence-corrected chi connectivity index (χ0v) is 14.2. The van der Waals surface area contributed by atoms with Crippen LogP contribution in [-0.4, -0.2) is 31.9 Å². The van der Waals surface area contributed by atoms with E-state index in [2.05, 4.69) is 4.98 Å². The lowest BCUT2D eigenvalue weighted by molar-refractivity contribution is 0.127. The molecule has 1 aromatic carbocycles. The highest BCUT2D eigenvalue weighted by Crippen LogP contribution is 2.24. The monoisotopic (exact) mass is 335 g/mol. The molecule has 0 aliphatic carbocycles. The third kappa shape index (κ3) is 4.00. The second-order valence-corrected chi connectivity index (χ2v) is 8.26. The Morgan fingerprint density at radius 3 is 2.83 bits per heavy atom. The van der Waals surface area contributed by atoms with Gasteiger partial charge in [-0.1, -0.05) is 17.7 Å². The predicted molar refractivity (Wildman–Crippen MR) is 87.9 cm³/mol. The van der Waals surface area contributed by atoms with Crippen LogP contribution < -0.4 is 0 Å². The largest absolute Gasteiger partial charge is 0.444 e. The van der Waals surface area contributed by atoms with Crippen LogP contribution in [0.1, 0.15) is 29.7 Å². The van der Waals surface area contributed by atoms with Gasteiger partial charge < -0.3 is 9.15 Å². The van der Waals surface area contributed by atoms with Gasteiger partial charge in [0.15, 0.2) is 9.84 Å². The summed E-state index contributed by atoms with van der Waals surface area (Å²) in [5.74, 6) is 0.407. The van der Waals surface area contributed by atoms with E-state index in [-0.39, 0.29) is 17.6 Å². The second kappa shape index (κ2) is 6.45. The highest BCUT2D eigenvalue weighted by atomic mass is 32.2. The minimum absolute atomic E-state index is 0.0543. The van der Waals surface area contributed by atoms with Crippen molar-refractivity contribution >= 4 is 9.84 Å². The summed E-state index contributed by atoms with van der Waals surface area (Å²) in [6.45, 7) is 4.66. The standard InChI is InChI=1S/C17H21NO4S/c1-12-5-6-16(13(2)8-12)17-18-14(9-22-17)10-23(19,20)11-15-4-3-7-21-15/h5-6,8-9,15H,3-4,7,10-11H2,1-2H3. The molecule has 23 heavy (non-hydrogen) atoms. The number of aryl methyl sites for hydroxylation is 2. The van der Waals surface area contributed by atoms with Crippen molar-refractivity contribution in [3.63, 3.8) is 0 Å². The topological polar surface area (TPSA) is 69.4 Å². The van der Waals surface area contributed by atoms with Gasteiger partial charge in [-0.05, 0) is 38.3 Å². The van der Waals surface area contributed by atoms with Crippen LogP contribution in [0.2, 0.25) is 0 Å². The molecule has 0 amide bonds. The minimum Gasteiger partial charge on any atom is -0.444 e. The summed E-state index contributed by atoms with van der Waals surface area (Å²) in [7, 11) is -3.25. The van der Waals surface area contributed by atoms with Crippen LogP contribution in [0, 0.1) is 13.8 Å². The van der Waals surface area contributed by atoms with E-state index < -0.39 is 9.84 Å². The SMILES string of the molecule is Cc1ccc(-c2nc(CS(=O)(=O)CC3CCCO3)co2)c(C)c1. The van der Waals surface area contributed by atoms with Gasteiger partial charge in [-0.25, -0.2) is 13.4 Å². The molecule has 1 saturated heterocycles. The van der Waals surface area contributed by atoms with E-state index in [0.717, 1.165) is 29.5 Å². The third-order valence-electron chi connectivity index (χ3n) is 4.00. The van der Waals surface area contributed by atoms with Crippen molar-refractivity contribution in [3.8, 4) is 11.5 Å². The maximum atomic E-state index is 12.3. The molecule has 1 aliphatic rings. The Kier molecular flexibility index (Phi) is 4.55. The molecule has 6 heteroatoms. The number of sulfone groups is 1. The van der Waals surface area contributed by atoms with Gasteiger partial charge in [0.1, 0.15) is 6.26 Å². The summed E-state index contributed by atoms with van der Waals surface area (Å²) in [5.41, 5.74) is 3.55.